The number of anilines is 1. The molecule has 0 aromatic heterocycles. The molecule has 2 nitrogen and oxygen atoms in total. The minimum absolute atomic E-state index is 0.706. The molecule has 0 radical (unpaired) electrons. The van der Waals surface area contributed by atoms with E-state index in [4.69, 9.17) is 0 Å². The molecule has 1 saturated heterocycles. The van der Waals surface area contributed by atoms with Gasteiger partial charge in [-0.3, -0.25) is 0 Å². The van der Waals surface area contributed by atoms with Gasteiger partial charge in [0.15, 0.2) is 0 Å². The maximum Gasteiger partial charge on any atom is 0.0406 e. The number of aryl methyl sites for hydroxylation is 1. The Morgan fingerprint density at radius 3 is 3.00 bits per heavy atom. The SMILES string of the molecule is Cc1cc(Br)cc2c1NC[C@@H]1CNC[C@H]21. The summed E-state index contributed by atoms with van der Waals surface area (Å²) in [7, 11) is 0. The van der Waals surface area contributed by atoms with Crippen LogP contribution in [-0.2, 0) is 0 Å². The fourth-order valence-corrected chi connectivity index (χ4v) is 3.44. The van der Waals surface area contributed by atoms with Crippen LogP contribution in [0.25, 0.3) is 0 Å². The van der Waals surface area contributed by atoms with Gasteiger partial charge in [0.2, 0.25) is 0 Å². The summed E-state index contributed by atoms with van der Waals surface area (Å²) >= 11 is 3.59. The van der Waals surface area contributed by atoms with Gasteiger partial charge in [0, 0.05) is 35.7 Å². The molecular formula is C12H15BrN2. The van der Waals surface area contributed by atoms with E-state index in [1.165, 1.54) is 21.3 Å². The molecule has 0 saturated carbocycles. The van der Waals surface area contributed by atoms with Crippen molar-refractivity contribution >= 4 is 21.6 Å². The van der Waals surface area contributed by atoms with Crippen molar-refractivity contribution in [2.45, 2.75) is 12.8 Å². The molecule has 2 atom stereocenters. The molecule has 2 N–H and O–H groups in total. The summed E-state index contributed by atoms with van der Waals surface area (Å²) in [5.74, 6) is 1.48. The van der Waals surface area contributed by atoms with Crippen LogP contribution in [0.4, 0.5) is 5.69 Å². The summed E-state index contributed by atoms with van der Waals surface area (Å²) in [6.07, 6.45) is 0. The van der Waals surface area contributed by atoms with Gasteiger partial charge in [-0.2, -0.15) is 0 Å². The third-order valence-electron chi connectivity index (χ3n) is 3.61. The predicted molar refractivity (Wildman–Crippen MR) is 66.5 cm³/mol. The zero-order chi connectivity index (χ0) is 10.4. The Kier molecular flexibility index (Phi) is 2.25. The van der Waals surface area contributed by atoms with Gasteiger partial charge in [-0.15, -0.1) is 0 Å². The van der Waals surface area contributed by atoms with E-state index in [1.807, 2.05) is 0 Å². The van der Waals surface area contributed by atoms with Crippen molar-refractivity contribution in [3.05, 3.63) is 27.7 Å². The number of benzene rings is 1. The second-order valence-corrected chi connectivity index (χ2v) is 5.51. The van der Waals surface area contributed by atoms with Crippen molar-refractivity contribution in [1.82, 2.24) is 5.32 Å². The molecule has 2 heterocycles. The zero-order valence-electron chi connectivity index (χ0n) is 8.81. The largest absolute Gasteiger partial charge is 0.384 e. The van der Waals surface area contributed by atoms with Gasteiger partial charge in [0.1, 0.15) is 0 Å². The molecule has 1 aromatic carbocycles. The van der Waals surface area contributed by atoms with E-state index in [0.29, 0.717) is 5.92 Å². The normalized spacial score (nSPS) is 28.1. The van der Waals surface area contributed by atoms with Crippen LogP contribution in [0.5, 0.6) is 0 Å². The van der Waals surface area contributed by atoms with Crippen LogP contribution >= 0.6 is 15.9 Å². The monoisotopic (exact) mass is 266 g/mol. The lowest BCUT2D eigenvalue weighted by molar-refractivity contribution is 0.529. The average molecular weight is 267 g/mol. The van der Waals surface area contributed by atoms with Crippen LogP contribution in [0.2, 0.25) is 0 Å². The summed E-state index contributed by atoms with van der Waals surface area (Å²) in [6, 6.07) is 4.47. The topological polar surface area (TPSA) is 24.1 Å². The summed E-state index contributed by atoms with van der Waals surface area (Å²) in [6.45, 7) is 5.59. The Morgan fingerprint density at radius 2 is 2.13 bits per heavy atom. The number of hydrogen-bond donors (Lipinski definition) is 2. The summed E-state index contributed by atoms with van der Waals surface area (Å²) in [4.78, 5) is 0. The zero-order valence-corrected chi connectivity index (χ0v) is 10.4. The van der Waals surface area contributed by atoms with Gasteiger partial charge in [-0.1, -0.05) is 15.9 Å². The first-order valence-electron chi connectivity index (χ1n) is 5.50. The van der Waals surface area contributed by atoms with E-state index in [1.54, 1.807) is 0 Å². The molecule has 3 heteroatoms. The molecule has 0 unspecified atom stereocenters. The number of rotatable bonds is 0. The second kappa shape index (κ2) is 3.49. The van der Waals surface area contributed by atoms with Gasteiger partial charge in [0.25, 0.3) is 0 Å². The lowest BCUT2D eigenvalue weighted by Crippen LogP contribution is -2.27. The second-order valence-electron chi connectivity index (χ2n) is 4.59. The van der Waals surface area contributed by atoms with Crippen molar-refractivity contribution in [1.29, 1.82) is 0 Å². The van der Waals surface area contributed by atoms with Gasteiger partial charge >= 0.3 is 0 Å². The van der Waals surface area contributed by atoms with E-state index in [2.05, 4.69) is 45.6 Å². The molecular weight excluding hydrogens is 252 g/mol. The first kappa shape index (κ1) is 9.67. The Balaban J connectivity index is 2.12. The molecule has 2 aliphatic rings. The smallest absolute Gasteiger partial charge is 0.0406 e. The van der Waals surface area contributed by atoms with Crippen LogP contribution in [0.3, 0.4) is 0 Å². The van der Waals surface area contributed by atoms with Crippen molar-refractivity contribution in [3.8, 4) is 0 Å². The van der Waals surface area contributed by atoms with E-state index in [9.17, 15) is 0 Å². The first-order valence-corrected chi connectivity index (χ1v) is 6.29. The maximum atomic E-state index is 3.59. The van der Waals surface area contributed by atoms with Crippen LogP contribution in [0.1, 0.15) is 17.0 Å². The highest BCUT2D eigenvalue weighted by Gasteiger charge is 2.33. The van der Waals surface area contributed by atoms with Gasteiger partial charge in [0.05, 0.1) is 0 Å². The van der Waals surface area contributed by atoms with Crippen molar-refractivity contribution in [2.75, 3.05) is 25.0 Å². The minimum atomic E-state index is 0.706. The highest BCUT2D eigenvalue weighted by Crippen LogP contribution is 2.40. The predicted octanol–water partition coefficient (Wildman–Crippen LogP) is 2.49. The molecule has 0 spiro atoms. The van der Waals surface area contributed by atoms with Gasteiger partial charge < -0.3 is 10.6 Å². The molecule has 1 fully saturated rings. The van der Waals surface area contributed by atoms with E-state index in [0.717, 1.165) is 25.6 Å². The Bertz CT molecular complexity index is 403. The third kappa shape index (κ3) is 1.49. The molecule has 0 bridgehead atoms. The van der Waals surface area contributed by atoms with Crippen LogP contribution < -0.4 is 10.6 Å². The van der Waals surface area contributed by atoms with Crippen molar-refractivity contribution < 1.29 is 0 Å². The summed E-state index contributed by atoms with van der Waals surface area (Å²) in [5, 5.41) is 7.06. The Hall–Kier alpha value is -0.540. The molecule has 0 aliphatic carbocycles. The van der Waals surface area contributed by atoms with E-state index >= 15 is 0 Å². The van der Waals surface area contributed by atoms with Crippen LogP contribution in [-0.4, -0.2) is 19.6 Å². The molecule has 2 aliphatic heterocycles. The lowest BCUT2D eigenvalue weighted by atomic mass is 9.84. The van der Waals surface area contributed by atoms with E-state index < -0.39 is 0 Å². The third-order valence-corrected chi connectivity index (χ3v) is 4.07. The number of nitrogens with one attached hydrogen (secondary N) is 2. The average Bonchev–Trinajstić information content (AvgIpc) is 2.65. The Labute approximate surface area is 98.6 Å². The number of hydrogen-bond acceptors (Lipinski definition) is 2. The van der Waals surface area contributed by atoms with Crippen molar-refractivity contribution in [3.63, 3.8) is 0 Å². The van der Waals surface area contributed by atoms with Gasteiger partial charge in [-0.05, 0) is 36.1 Å². The molecule has 80 valence electrons. The standard InChI is InChI=1S/C12H15BrN2/c1-7-2-9(13)3-10-11-6-14-4-8(11)5-15-12(7)10/h2-3,8,11,14-15H,4-6H2,1H3/t8-,11-/m0/s1. The highest BCUT2D eigenvalue weighted by molar-refractivity contribution is 9.10. The summed E-state index contributed by atoms with van der Waals surface area (Å²) in [5.41, 5.74) is 4.20. The summed E-state index contributed by atoms with van der Waals surface area (Å²) < 4.78 is 1.20. The Morgan fingerprint density at radius 1 is 1.27 bits per heavy atom. The molecule has 3 rings (SSSR count). The fourth-order valence-electron chi connectivity index (χ4n) is 2.85. The number of fused-ring (bicyclic) bond motifs is 3. The minimum Gasteiger partial charge on any atom is -0.384 e. The van der Waals surface area contributed by atoms with Crippen LogP contribution in [0.15, 0.2) is 16.6 Å². The maximum absolute atomic E-state index is 3.59. The number of halogens is 1. The fraction of sp³-hybridized carbons (Fsp3) is 0.500. The van der Waals surface area contributed by atoms with Gasteiger partial charge in [-0.25, -0.2) is 0 Å². The van der Waals surface area contributed by atoms with Crippen LogP contribution in [0, 0.1) is 12.8 Å². The molecule has 0 amide bonds. The quantitative estimate of drug-likeness (QED) is 0.754. The molecule has 15 heavy (non-hydrogen) atoms. The molecule has 1 aromatic rings. The highest BCUT2D eigenvalue weighted by atomic mass is 79.9. The first-order chi connectivity index (χ1) is 7.25. The lowest BCUT2D eigenvalue weighted by Gasteiger charge is -2.30. The van der Waals surface area contributed by atoms with Crippen molar-refractivity contribution in [2.24, 2.45) is 5.92 Å². The van der Waals surface area contributed by atoms with E-state index in [-0.39, 0.29) is 0 Å².